The quantitative estimate of drug-likeness (QED) is 0.730. The van der Waals surface area contributed by atoms with Gasteiger partial charge in [-0.2, -0.15) is 0 Å². The van der Waals surface area contributed by atoms with Gasteiger partial charge in [0.1, 0.15) is 5.82 Å². The number of aryl methyl sites for hydroxylation is 2. The summed E-state index contributed by atoms with van der Waals surface area (Å²) in [7, 11) is 0. The van der Waals surface area contributed by atoms with Crippen molar-refractivity contribution in [1.29, 1.82) is 0 Å². The average molecular weight is 232 g/mol. The van der Waals surface area contributed by atoms with Gasteiger partial charge < -0.3 is 16.0 Å². The van der Waals surface area contributed by atoms with Gasteiger partial charge in [0.25, 0.3) is 0 Å². The Morgan fingerprint density at radius 1 is 1.41 bits per heavy atom. The molecule has 0 radical (unpaired) electrons. The van der Waals surface area contributed by atoms with E-state index >= 15 is 0 Å². The fourth-order valence-electron chi connectivity index (χ4n) is 1.66. The number of aromatic amines is 1. The molecule has 0 saturated heterocycles. The van der Waals surface area contributed by atoms with Crippen LogP contribution >= 0.6 is 0 Å². The average Bonchev–Trinajstić information content (AvgIpc) is 2.68. The molecule has 1 amide bonds. The Labute approximate surface area is 99.4 Å². The Balaban J connectivity index is 2.23. The number of carbonyl (C=O) groups excluding carboxylic acids is 1. The van der Waals surface area contributed by atoms with Gasteiger partial charge in [0, 0.05) is 0 Å². The summed E-state index contributed by atoms with van der Waals surface area (Å²) < 4.78 is 0. The minimum Gasteiger partial charge on any atom is -0.348 e. The van der Waals surface area contributed by atoms with Gasteiger partial charge in [0.15, 0.2) is 0 Å². The van der Waals surface area contributed by atoms with Gasteiger partial charge >= 0.3 is 0 Å². The molecule has 5 nitrogen and oxygen atoms in total. The van der Waals surface area contributed by atoms with Crippen molar-refractivity contribution in [2.24, 2.45) is 5.73 Å². The van der Waals surface area contributed by atoms with Crippen molar-refractivity contribution in [3.63, 3.8) is 0 Å². The summed E-state index contributed by atoms with van der Waals surface area (Å²) in [5.74, 6) is 0.560. The molecule has 0 aliphatic rings. The smallest absolute Gasteiger partial charge is 0.234 e. The molecule has 0 bridgehead atoms. The van der Waals surface area contributed by atoms with Crippen LogP contribution in [0.1, 0.15) is 17.0 Å². The number of benzene rings is 1. The number of rotatable bonds is 3. The van der Waals surface area contributed by atoms with E-state index in [-0.39, 0.29) is 12.5 Å². The highest BCUT2D eigenvalue weighted by Gasteiger charge is 2.05. The van der Waals surface area contributed by atoms with E-state index in [2.05, 4.69) is 35.2 Å². The molecule has 4 N–H and O–H groups in total. The van der Waals surface area contributed by atoms with Crippen molar-refractivity contribution in [2.45, 2.75) is 20.4 Å². The zero-order valence-electron chi connectivity index (χ0n) is 10.0. The van der Waals surface area contributed by atoms with Gasteiger partial charge in [-0.3, -0.25) is 4.79 Å². The fourth-order valence-corrected chi connectivity index (χ4v) is 1.66. The van der Waals surface area contributed by atoms with E-state index in [9.17, 15) is 4.79 Å². The van der Waals surface area contributed by atoms with Crippen LogP contribution in [-0.2, 0) is 11.3 Å². The summed E-state index contributed by atoms with van der Waals surface area (Å²) in [6, 6.07) is 4.10. The normalized spacial score (nSPS) is 10.8. The highest BCUT2D eigenvalue weighted by Crippen LogP contribution is 2.17. The van der Waals surface area contributed by atoms with Crippen molar-refractivity contribution >= 4 is 16.9 Å². The summed E-state index contributed by atoms with van der Waals surface area (Å²) in [5.41, 5.74) is 9.55. The topological polar surface area (TPSA) is 83.8 Å². The van der Waals surface area contributed by atoms with Crippen LogP contribution in [0.4, 0.5) is 0 Å². The highest BCUT2D eigenvalue weighted by atomic mass is 16.1. The summed E-state index contributed by atoms with van der Waals surface area (Å²) in [4.78, 5) is 18.6. The fraction of sp³-hybridized carbons (Fsp3) is 0.333. The first-order valence-corrected chi connectivity index (χ1v) is 5.52. The number of H-pyrrole nitrogens is 1. The molecule has 2 aromatic rings. The Bertz CT molecular complexity index is 520. The van der Waals surface area contributed by atoms with E-state index in [0.717, 1.165) is 16.9 Å². The van der Waals surface area contributed by atoms with Crippen molar-refractivity contribution < 1.29 is 4.79 Å². The lowest BCUT2D eigenvalue weighted by Gasteiger charge is -1.98. The minimum atomic E-state index is -0.183. The number of amides is 1. The van der Waals surface area contributed by atoms with Gasteiger partial charge in [0.2, 0.25) is 5.91 Å². The lowest BCUT2D eigenvalue weighted by atomic mass is 10.1. The number of nitrogens with two attached hydrogens (primary N) is 1. The first kappa shape index (κ1) is 11.6. The monoisotopic (exact) mass is 232 g/mol. The molecular weight excluding hydrogens is 216 g/mol. The van der Waals surface area contributed by atoms with Crippen LogP contribution in [0.3, 0.4) is 0 Å². The zero-order valence-corrected chi connectivity index (χ0v) is 10.0. The SMILES string of the molecule is Cc1cc2nc(CNC(=O)CN)[nH]c2cc1C. The largest absolute Gasteiger partial charge is 0.348 e. The summed E-state index contributed by atoms with van der Waals surface area (Å²) in [6.07, 6.45) is 0. The van der Waals surface area contributed by atoms with E-state index < -0.39 is 0 Å². The second-order valence-electron chi connectivity index (χ2n) is 4.12. The van der Waals surface area contributed by atoms with Crippen LogP contribution in [0, 0.1) is 13.8 Å². The van der Waals surface area contributed by atoms with Crippen LogP contribution in [-0.4, -0.2) is 22.4 Å². The zero-order chi connectivity index (χ0) is 12.4. The molecule has 0 unspecified atom stereocenters. The molecule has 0 atom stereocenters. The van der Waals surface area contributed by atoms with E-state index in [4.69, 9.17) is 5.73 Å². The standard InChI is InChI=1S/C12H16N4O/c1-7-3-9-10(4-8(7)2)16-11(15-9)6-14-12(17)5-13/h3-4H,5-6,13H2,1-2H3,(H,14,17)(H,15,16). The maximum Gasteiger partial charge on any atom is 0.234 e. The molecule has 5 heteroatoms. The van der Waals surface area contributed by atoms with Crippen molar-refractivity contribution in [2.75, 3.05) is 6.54 Å². The van der Waals surface area contributed by atoms with E-state index in [1.54, 1.807) is 0 Å². The lowest BCUT2D eigenvalue weighted by Crippen LogP contribution is -2.30. The Hall–Kier alpha value is -1.88. The number of aromatic nitrogens is 2. The Morgan fingerprint density at radius 3 is 2.82 bits per heavy atom. The first-order chi connectivity index (χ1) is 8.10. The molecule has 17 heavy (non-hydrogen) atoms. The third-order valence-electron chi connectivity index (χ3n) is 2.78. The molecule has 0 saturated carbocycles. The molecule has 0 fully saturated rings. The van der Waals surface area contributed by atoms with E-state index in [1.165, 1.54) is 11.1 Å². The minimum absolute atomic E-state index is 0.00154. The van der Waals surface area contributed by atoms with Gasteiger partial charge in [-0.15, -0.1) is 0 Å². The third kappa shape index (κ3) is 2.45. The van der Waals surface area contributed by atoms with Crippen LogP contribution < -0.4 is 11.1 Å². The third-order valence-corrected chi connectivity index (χ3v) is 2.78. The number of imidazole rings is 1. The molecule has 0 aliphatic carbocycles. The van der Waals surface area contributed by atoms with E-state index in [1.807, 2.05) is 6.07 Å². The number of carbonyl (C=O) groups is 1. The lowest BCUT2D eigenvalue weighted by molar-refractivity contribution is -0.119. The van der Waals surface area contributed by atoms with Crippen molar-refractivity contribution in [3.8, 4) is 0 Å². The summed E-state index contributed by atoms with van der Waals surface area (Å²) in [6.45, 7) is 4.49. The van der Waals surface area contributed by atoms with E-state index in [0.29, 0.717) is 6.54 Å². The Kier molecular flexibility index (Phi) is 3.10. The van der Waals surface area contributed by atoms with Crippen LogP contribution in [0.5, 0.6) is 0 Å². The van der Waals surface area contributed by atoms with Crippen molar-refractivity contribution in [3.05, 3.63) is 29.1 Å². The molecule has 1 aromatic carbocycles. The molecular formula is C12H16N4O. The second-order valence-corrected chi connectivity index (χ2v) is 4.12. The van der Waals surface area contributed by atoms with Crippen LogP contribution in [0.15, 0.2) is 12.1 Å². The molecule has 90 valence electrons. The summed E-state index contributed by atoms with van der Waals surface area (Å²) >= 11 is 0. The molecule has 2 rings (SSSR count). The van der Waals surface area contributed by atoms with Gasteiger partial charge in [-0.1, -0.05) is 0 Å². The van der Waals surface area contributed by atoms with Gasteiger partial charge in [0.05, 0.1) is 24.1 Å². The number of fused-ring (bicyclic) bond motifs is 1. The summed E-state index contributed by atoms with van der Waals surface area (Å²) in [5, 5.41) is 2.68. The van der Waals surface area contributed by atoms with Crippen molar-refractivity contribution in [1.82, 2.24) is 15.3 Å². The predicted octanol–water partition coefficient (Wildman–Crippen LogP) is 0.755. The molecule has 0 aliphatic heterocycles. The number of hydrogen-bond donors (Lipinski definition) is 3. The first-order valence-electron chi connectivity index (χ1n) is 5.52. The molecule has 0 spiro atoms. The Morgan fingerprint density at radius 2 is 2.12 bits per heavy atom. The van der Waals surface area contributed by atoms with Gasteiger partial charge in [-0.25, -0.2) is 4.98 Å². The highest BCUT2D eigenvalue weighted by molar-refractivity contribution is 5.78. The van der Waals surface area contributed by atoms with Gasteiger partial charge in [-0.05, 0) is 37.1 Å². The molecule has 1 aromatic heterocycles. The maximum atomic E-state index is 11.0. The molecule has 1 heterocycles. The predicted molar refractivity (Wildman–Crippen MR) is 66.5 cm³/mol. The van der Waals surface area contributed by atoms with Crippen LogP contribution in [0.25, 0.3) is 11.0 Å². The second kappa shape index (κ2) is 4.55. The number of hydrogen-bond acceptors (Lipinski definition) is 3. The maximum absolute atomic E-state index is 11.0. The number of nitrogens with one attached hydrogen (secondary N) is 2. The number of nitrogens with zero attached hydrogens (tertiary/aromatic N) is 1. The van der Waals surface area contributed by atoms with Crippen LogP contribution in [0.2, 0.25) is 0 Å².